The molecule has 3 amide bonds. The van der Waals surface area contributed by atoms with Crippen LogP contribution < -0.4 is 10.1 Å². The summed E-state index contributed by atoms with van der Waals surface area (Å²) in [4.78, 5) is 93.3. The van der Waals surface area contributed by atoms with Gasteiger partial charge in [0.2, 0.25) is 11.7 Å². The first-order valence-electron chi connectivity index (χ1n) is 23.3. The molecule has 1 fully saturated rings. The zero-order chi connectivity index (χ0) is 51.6. The van der Waals surface area contributed by atoms with Gasteiger partial charge in [-0.3, -0.25) is 38.5 Å². The number of Topliss-reactive ketones (excluding diaryl/α,β-unsaturated/α-hetero) is 1. The third-order valence-electron chi connectivity index (χ3n) is 13.0. The van der Waals surface area contributed by atoms with Crippen LogP contribution in [-0.4, -0.2) is 182 Å². The van der Waals surface area contributed by atoms with E-state index in [1.807, 2.05) is 0 Å². The number of hydrogen-bond acceptors (Lipinski definition) is 20. The zero-order valence-electron chi connectivity index (χ0n) is 40.1. The fourth-order valence-electron chi connectivity index (χ4n) is 9.30. The van der Waals surface area contributed by atoms with Gasteiger partial charge in [0, 0.05) is 81.2 Å². The van der Waals surface area contributed by atoms with Crippen LogP contribution in [0.3, 0.4) is 0 Å². The molecule has 0 radical (unpaired) electrons. The SMILES string of the molecule is COCCOCC(COCCOC)(COC(=O)CC1CC(OC2CC(O)(C(=O)CO)Cc3c(O)c4c(c(O)c32)C(=O)c2c(OC)cccc2C4=O)OC(C)C1O)NC(=O)CCCCCN1C(=O)C=CC1=O. The molecule has 6 rings (SSSR count). The number of fused-ring (bicyclic) bond motifs is 3. The highest BCUT2D eigenvalue weighted by molar-refractivity contribution is 6.31. The van der Waals surface area contributed by atoms with Crippen molar-refractivity contribution < 1.29 is 97.0 Å². The molecule has 2 aliphatic carbocycles. The van der Waals surface area contributed by atoms with Crippen molar-refractivity contribution in [2.75, 3.05) is 80.7 Å². The number of amides is 3. The number of rotatable bonds is 26. The number of methoxy groups -OCH3 is 3. The Labute approximate surface area is 409 Å². The van der Waals surface area contributed by atoms with Gasteiger partial charge in [0.1, 0.15) is 41.6 Å². The van der Waals surface area contributed by atoms with Gasteiger partial charge in [-0.15, -0.1) is 0 Å². The van der Waals surface area contributed by atoms with Crippen molar-refractivity contribution in [1.82, 2.24) is 10.2 Å². The first kappa shape index (κ1) is 54.6. The number of aromatic hydroxyl groups is 2. The van der Waals surface area contributed by atoms with Gasteiger partial charge in [-0.05, 0) is 25.8 Å². The van der Waals surface area contributed by atoms with E-state index in [9.17, 15) is 59.1 Å². The molecule has 22 heteroatoms. The van der Waals surface area contributed by atoms with Crippen LogP contribution >= 0.6 is 0 Å². The first-order valence-corrected chi connectivity index (χ1v) is 23.3. The summed E-state index contributed by atoms with van der Waals surface area (Å²) in [6.45, 7) is 0.438. The zero-order valence-corrected chi connectivity index (χ0v) is 40.1. The Morgan fingerprint density at radius 1 is 0.873 bits per heavy atom. The summed E-state index contributed by atoms with van der Waals surface area (Å²) >= 11 is 0. The molecule has 2 aromatic carbocycles. The van der Waals surface area contributed by atoms with Crippen molar-refractivity contribution in [2.45, 2.75) is 94.0 Å². The summed E-state index contributed by atoms with van der Waals surface area (Å²) < 4.78 is 45.4. The minimum absolute atomic E-state index is 0.0301. The fraction of sp³-hybridized carbons (Fsp3) is 0.571. The highest BCUT2D eigenvalue weighted by atomic mass is 16.7. The van der Waals surface area contributed by atoms with Crippen LogP contribution in [0.4, 0.5) is 0 Å². The number of carbonyl (C=O) groups excluding carboxylic acids is 7. The molecule has 6 N–H and O–H groups in total. The molecule has 22 nitrogen and oxygen atoms in total. The van der Waals surface area contributed by atoms with Gasteiger partial charge in [0.15, 0.2) is 17.9 Å². The minimum Gasteiger partial charge on any atom is -0.507 e. The van der Waals surface area contributed by atoms with Crippen LogP contribution in [0.15, 0.2) is 30.4 Å². The van der Waals surface area contributed by atoms with Gasteiger partial charge in [-0.1, -0.05) is 18.6 Å². The van der Waals surface area contributed by atoms with E-state index in [0.29, 0.717) is 19.3 Å². The molecule has 4 aliphatic rings. The maximum atomic E-state index is 14.1. The number of imide groups is 1. The van der Waals surface area contributed by atoms with Crippen molar-refractivity contribution in [3.8, 4) is 17.2 Å². The number of ketones is 3. The number of nitrogens with one attached hydrogen (secondary N) is 1. The lowest BCUT2D eigenvalue weighted by Crippen LogP contribution is -2.59. The lowest BCUT2D eigenvalue weighted by molar-refractivity contribution is -0.257. The smallest absolute Gasteiger partial charge is 0.306 e. The van der Waals surface area contributed by atoms with Gasteiger partial charge in [0.25, 0.3) is 11.8 Å². The predicted octanol–water partition coefficient (Wildman–Crippen LogP) is 0.890. The number of ether oxygens (including phenoxy) is 8. The average Bonchev–Trinajstić information content (AvgIpc) is 3.67. The Kier molecular flexibility index (Phi) is 18.6. The largest absolute Gasteiger partial charge is 0.507 e. The number of esters is 1. The standard InChI is InChI=1S/C49H62N2O20/c1-27-43(58)28(19-37(57)69-26-48(24-67-17-15-64-2,25-68-18-16-65-3)50-34(54)11-6-5-7-14-51-35(55)12-13-36(51)56)20-38(70-27)71-32-22-49(63,33(53)23-52)21-30-40(32)47(62)42-41(45(30)60)44(59)29-9-8-10-31(66-4)39(29)46(42)61/h8-10,12-13,27-28,32,38,43,52,58,60,62-63H,5-7,11,14-26H2,1-4H3,(H,50,54). The number of unbranched alkanes of at least 4 members (excludes halogenated alkanes) is 2. The third-order valence-corrected chi connectivity index (χ3v) is 13.0. The van der Waals surface area contributed by atoms with Gasteiger partial charge < -0.3 is 68.7 Å². The van der Waals surface area contributed by atoms with E-state index in [1.165, 1.54) is 58.6 Å². The molecule has 388 valence electrons. The Bertz CT molecular complexity index is 2340. The summed E-state index contributed by atoms with van der Waals surface area (Å²) in [5.41, 5.74) is -5.77. The lowest BCUT2D eigenvalue weighted by Gasteiger charge is -2.42. The summed E-state index contributed by atoms with van der Waals surface area (Å²) in [6.07, 6.45) is -3.26. The normalized spacial score (nSPS) is 22.8. The van der Waals surface area contributed by atoms with Gasteiger partial charge in [-0.25, -0.2) is 0 Å². The van der Waals surface area contributed by atoms with E-state index in [-0.39, 0.29) is 87.0 Å². The van der Waals surface area contributed by atoms with Crippen molar-refractivity contribution in [3.05, 3.63) is 63.7 Å². The molecular formula is C49H62N2O20. The van der Waals surface area contributed by atoms with E-state index in [0.717, 1.165) is 4.90 Å². The Hall–Kier alpha value is -5.69. The molecule has 2 heterocycles. The molecule has 0 bridgehead atoms. The summed E-state index contributed by atoms with van der Waals surface area (Å²) in [6, 6.07) is 4.26. The van der Waals surface area contributed by atoms with E-state index in [1.54, 1.807) is 0 Å². The molecule has 6 atom stereocenters. The van der Waals surface area contributed by atoms with Gasteiger partial charge in [0.05, 0.1) is 88.2 Å². The number of nitrogens with zero attached hydrogens (tertiary/aromatic N) is 1. The number of hydrogen-bond donors (Lipinski definition) is 6. The van der Waals surface area contributed by atoms with Gasteiger partial charge >= 0.3 is 5.97 Å². The molecule has 0 saturated carbocycles. The molecule has 6 unspecified atom stereocenters. The fourth-order valence-corrected chi connectivity index (χ4v) is 9.30. The van der Waals surface area contributed by atoms with E-state index in [4.69, 9.17) is 37.9 Å². The number of phenolic OH excluding ortho intramolecular Hbond substituents is 2. The van der Waals surface area contributed by atoms with Crippen molar-refractivity contribution >= 4 is 41.0 Å². The molecule has 2 aromatic rings. The molecular weight excluding hydrogens is 937 g/mol. The van der Waals surface area contributed by atoms with Gasteiger partial charge in [-0.2, -0.15) is 0 Å². The molecule has 71 heavy (non-hydrogen) atoms. The first-order chi connectivity index (χ1) is 33.9. The molecule has 1 saturated heterocycles. The number of aliphatic hydroxyl groups is 3. The van der Waals surface area contributed by atoms with Crippen LogP contribution in [0.1, 0.15) is 101 Å². The maximum absolute atomic E-state index is 14.1. The van der Waals surface area contributed by atoms with Crippen LogP contribution in [0, 0.1) is 5.92 Å². The van der Waals surface area contributed by atoms with Crippen molar-refractivity contribution in [2.24, 2.45) is 5.92 Å². The maximum Gasteiger partial charge on any atom is 0.306 e. The van der Waals surface area contributed by atoms with Crippen LogP contribution in [0.5, 0.6) is 17.2 Å². The highest BCUT2D eigenvalue weighted by Crippen LogP contribution is 2.53. The Morgan fingerprint density at radius 2 is 1.54 bits per heavy atom. The summed E-state index contributed by atoms with van der Waals surface area (Å²) in [5.74, 6) is -7.24. The monoisotopic (exact) mass is 998 g/mol. The predicted molar refractivity (Wildman–Crippen MR) is 243 cm³/mol. The number of carbonyl (C=O) groups is 7. The van der Waals surface area contributed by atoms with E-state index in [2.05, 4.69) is 5.32 Å². The number of benzene rings is 2. The number of phenols is 2. The second kappa shape index (κ2) is 24.2. The highest BCUT2D eigenvalue weighted by Gasteiger charge is 2.50. The van der Waals surface area contributed by atoms with E-state index >= 15 is 0 Å². The summed E-state index contributed by atoms with van der Waals surface area (Å²) in [7, 11) is 4.26. The third kappa shape index (κ3) is 12.3. The van der Waals surface area contributed by atoms with Crippen molar-refractivity contribution in [3.63, 3.8) is 0 Å². The second-order valence-electron chi connectivity index (χ2n) is 18.0. The Morgan fingerprint density at radius 3 is 2.17 bits per heavy atom. The quantitative estimate of drug-likeness (QED) is 0.0282. The minimum atomic E-state index is -2.41. The average molecular weight is 999 g/mol. The summed E-state index contributed by atoms with van der Waals surface area (Å²) in [5, 5.41) is 59.5. The van der Waals surface area contributed by atoms with E-state index < -0.39 is 138 Å². The van der Waals surface area contributed by atoms with Crippen LogP contribution in [0.25, 0.3) is 0 Å². The van der Waals surface area contributed by atoms with Crippen molar-refractivity contribution in [1.29, 1.82) is 0 Å². The lowest BCUT2D eigenvalue weighted by atomic mass is 9.72. The molecule has 2 aliphatic heterocycles. The second-order valence-corrected chi connectivity index (χ2v) is 18.0. The Balaban J connectivity index is 1.19. The molecule has 0 spiro atoms. The van der Waals surface area contributed by atoms with Crippen LogP contribution in [-0.2, 0) is 63.6 Å². The number of aliphatic hydroxyl groups excluding tert-OH is 2. The topological polar surface area (TPSA) is 310 Å². The van der Waals surface area contributed by atoms with Crippen LogP contribution in [0.2, 0.25) is 0 Å². The molecule has 0 aromatic heterocycles.